The minimum atomic E-state index is -1.58. The third kappa shape index (κ3) is 40.5. The van der Waals surface area contributed by atoms with Crippen LogP contribution in [0.25, 0.3) is 0 Å². The number of aliphatic hydroxyl groups is 5. The topological polar surface area (TPSA) is 149 Å². The number of rotatable bonds is 49. The molecule has 1 rings (SSSR count). The van der Waals surface area contributed by atoms with Crippen molar-refractivity contribution in [1.29, 1.82) is 0 Å². The maximum absolute atomic E-state index is 13.0. The summed E-state index contributed by atoms with van der Waals surface area (Å²) >= 11 is 0. The lowest BCUT2D eigenvalue weighted by atomic mass is 9.99. The molecule has 1 aliphatic heterocycles. The Morgan fingerprint density at radius 3 is 1.33 bits per heavy atom. The third-order valence-electron chi connectivity index (χ3n) is 13.4. The quantitative estimate of drug-likeness (QED) is 0.0261. The van der Waals surface area contributed by atoms with Crippen LogP contribution in [0.3, 0.4) is 0 Å². The molecule has 1 amide bonds. The van der Waals surface area contributed by atoms with Gasteiger partial charge in [0.2, 0.25) is 5.91 Å². The highest BCUT2D eigenvalue weighted by Crippen LogP contribution is 2.23. The molecule has 0 spiro atoms. The van der Waals surface area contributed by atoms with Gasteiger partial charge in [0.1, 0.15) is 24.4 Å². The summed E-state index contributed by atoms with van der Waals surface area (Å²) in [5.41, 5.74) is 0. The van der Waals surface area contributed by atoms with Gasteiger partial charge in [0, 0.05) is 6.42 Å². The highest BCUT2D eigenvalue weighted by Gasteiger charge is 2.44. The molecule has 414 valence electrons. The van der Waals surface area contributed by atoms with Crippen molar-refractivity contribution in [2.24, 2.45) is 0 Å². The number of allylic oxidation sites excluding steroid dienone is 15. The van der Waals surface area contributed by atoms with Crippen molar-refractivity contribution >= 4 is 5.91 Å². The van der Waals surface area contributed by atoms with Crippen LogP contribution in [0.2, 0.25) is 0 Å². The molecule has 0 aliphatic carbocycles. The Morgan fingerprint density at radius 2 is 0.875 bits per heavy atom. The zero-order valence-electron chi connectivity index (χ0n) is 45.9. The van der Waals surface area contributed by atoms with Gasteiger partial charge in [-0.25, -0.2) is 0 Å². The van der Waals surface area contributed by atoms with Crippen LogP contribution < -0.4 is 5.32 Å². The number of nitrogens with one attached hydrogen (secondary N) is 1. The van der Waals surface area contributed by atoms with Crippen LogP contribution in [0.4, 0.5) is 0 Å². The highest BCUT2D eigenvalue weighted by atomic mass is 16.7. The summed E-state index contributed by atoms with van der Waals surface area (Å²) in [7, 11) is 0. The van der Waals surface area contributed by atoms with Crippen molar-refractivity contribution in [3.8, 4) is 0 Å². The Labute approximate surface area is 441 Å². The molecular formula is C63H109NO8. The first-order chi connectivity index (χ1) is 35.3. The number of ether oxygens (including phenoxy) is 2. The van der Waals surface area contributed by atoms with E-state index in [1.54, 1.807) is 6.08 Å². The second-order valence-electron chi connectivity index (χ2n) is 20.0. The fourth-order valence-electron chi connectivity index (χ4n) is 8.73. The van der Waals surface area contributed by atoms with Crippen LogP contribution in [0, 0.1) is 0 Å². The number of unbranched alkanes of at least 4 members (excludes halogenated alkanes) is 25. The monoisotopic (exact) mass is 1010 g/mol. The van der Waals surface area contributed by atoms with Gasteiger partial charge in [-0.2, -0.15) is 0 Å². The van der Waals surface area contributed by atoms with E-state index in [-0.39, 0.29) is 12.5 Å². The average Bonchev–Trinajstić information content (AvgIpc) is 3.38. The maximum atomic E-state index is 13.0. The molecular weight excluding hydrogens is 899 g/mol. The first kappa shape index (κ1) is 67.1. The number of carbonyl (C=O) groups excluding carboxylic acids is 1. The van der Waals surface area contributed by atoms with Gasteiger partial charge in [-0.15, -0.1) is 0 Å². The van der Waals surface area contributed by atoms with Crippen molar-refractivity contribution in [2.75, 3.05) is 13.2 Å². The molecule has 0 radical (unpaired) electrons. The number of amides is 1. The summed E-state index contributed by atoms with van der Waals surface area (Å²) in [5.74, 6) is -0.193. The third-order valence-corrected chi connectivity index (χ3v) is 13.4. The van der Waals surface area contributed by atoms with Crippen molar-refractivity contribution < 1.29 is 39.8 Å². The molecule has 1 heterocycles. The van der Waals surface area contributed by atoms with Gasteiger partial charge in [-0.05, 0) is 83.5 Å². The fraction of sp³-hybridized carbons (Fsp3) is 0.730. The standard InChI is InChI=1S/C63H109NO8/c1-3-5-7-9-11-13-15-17-18-19-20-21-22-23-24-25-26-27-28-29-30-31-32-33-34-35-36-37-38-39-40-41-43-45-47-49-51-53-59(67)64-56(55-71-63-62(70)61(69)60(68)58(54-65)72-63)57(66)52-50-48-46-44-42-16-14-12-10-8-6-4-2/h5,7,10-13,17-18,20-21,23-24,42,44,50,52,56-58,60-63,65-66,68-70H,3-4,6,8-9,14-16,19,22,25-41,43,45-49,51,53-55H2,1-2H3,(H,64,67)/b7-5-,12-10+,13-11-,18-17-,21-20-,24-23-,44-42+,52-50+. The molecule has 7 unspecified atom stereocenters. The van der Waals surface area contributed by atoms with E-state index in [4.69, 9.17) is 9.47 Å². The molecule has 9 nitrogen and oxygen atoms in total. The SMILES string of the molecule is CC/C=C\C/C=C\C/C=C\C/C=C\C/C=C\CCCCCCCCCCCCCCCCCCCCCCCC(=O)NC(COC1OC(CO)C(O)C(O)C1O)C(O)/C=C/CC/C=C/CC/C=C/CCCC. The summed E-state index contributed by atoms with van der Waals surface area (Å²) in [6.45, 7) is 3.59. The molecule has 1 fully saturated rings. The van der Waals surface area contributed by atoms with Crippen LogP contribution in [-0.4, -0.2) is 87.5 Å². The van der Waals surface area contributed by atoms with E-state index < -0.39 is 49.5 Å². The van der Waals surface area contributed by atoms with Gasteiger partial charge in [0.15, 0.2) is 6.29 Å². The van der Waals surface area contributed by atoms with Gasteiger partial charge >= 0.3 is 0 Å². The molecule has 0 aromatic heterocycles. The summed E-state index contributed by atoms with van der Waals surface area (Å²) in [6, 6.07) is -0.830. The van der Waals surface area contributed by atoms with Crippen LogP contribution in [0.5, 0.6) is 0 Å². The molecule has 9 heteroatoms. The summed E-state index contributed by atoms with van der Waals surface area (Å²) < 4.78 is 11.2. The van der Waals surface area contributed by atoms with Crippen molar-refractivity contribution in [2.45, 2.75) is 281 Å². The van der Waals surface area contributed by atoms with E-state index in [2.05, 4.69) is 104 Å². The first-order valence-electron chi connectivity index (χ1n) is 29.5. The minimum absolute atomic E-state index is 0.193. The number of hydrogen-bond donors (Lipinski definition) is 6. The second-order valence-corrected chi connectivity index (χ2v) is 20.0. The Kier molecular flexibility index (Phi) is 48.1. The zero-order chi connectivity index (χ0) is 52.2. The first-order valence-corrected chi connectivity index (χ1v) is 29.5. The second kappa shape index (κ2) is 51.6. The van der Waals surface area contributed by atoms with E-state index >= 15 is 0 Å². The molecule has 0 aromatic carbocycles. The van der Waals surface area contributed by atoms with Gasteiger partial charge < -0.3 is 40.3 Å². The molecule has 0 bridgehead atoms. The Balaban J connectivity index is 2.08. The van der Waals surface area contributed by atoms with E-state index in [9.17, 15) is 30.3 Å². The number of carbonyl (C=O) groups is 1. The van der Waals surface area contributed by atoms with E-state index in [0.29, 0.717) is 6.42 Å². The lowest BCUT2D eigenvalue weighted by Crippen LogP contribution is -2.60. The van der Waals surface area contributed by atoms with Crippen molar-refractivity contribution in [3.05, 3.63) is 97.2 Å². The Hall–Kier alpha value is -2.89. The van der Waals surface area contributed by atoms with E-state index in [1.807, 2.05) is 6.08 Å². The molecule has 0 saturated carbocycles. The maximum Gasteiger partial charge on any atom is 0.220 e. The molecule has 72 heavy (non-hydrogen) atoms. The molecule has 1 saturated heterocycles. The normalized spacial score (nSPS) is 19.9. The summed E-state index contributed by atoms with van der Waals surface area (Å²) in [5, 5.41) is 54.3. The predicted octanol–water partition coefficient (Wildman–Crippen LogP) is 14.8. The van der Waals surface area contributed by atoms with Crippen LogP contribution in [0.15, 0.2) is 97.2 Å². The molecule has 1 aliphatic rings. The van der Waals surface area contributed by atoms with Crippen LogP contribution in [0.1, 0.15) is 239 Å². The van der Waals surface area contributed by atoms with Gasteiger partial charge in [-0.1, -0.05) is 246 Å². The molecule has 6 N–H and O–H groups in total. The van der Waals surface area contributed by atoms with E-state index in [1.165, 1.54) is 135 Å². The summed E-state index contributed by atoms with van der Waals surface area (Å²) in [4.78, 5) is 13.0. The lowest BCUT2D eigenvalue weighted by Gasteiger charge is -2.40. The fourth-order valence-corrected chi connectivity index (χ4v) is 8.73. The van der Waals surface area contributed by atoms with Crippen LogP contribution in [-0.2, 0) is 14.3 Å². The van der Waals surface area contributed by atoms with E-state index in [0.717, 1.165) is 83.5 Å². The van der Waals surface area contributed by atoms with Gasteiger partial charge in [0.25, 0.3) is 0 Å². The number of hydrogen-bond acceptors (Lipinski definition) is 8. The largest absolute Gasteiger partial charge is 0.394 e. The average molecular weight is 1010 g/mol. The predicted molar refractivity (Wildman–Crippen MR) is 304 cm³/mol. The lowest BCUT2D eigenvalue weighted by molar-refractivity contribution is -0.302. The molecule has 7 atom stereocenters. The minimum Gasteiger partial charge on any atom is -0.394 e. The van der Waals surface area contributed by atoms with Gasteiger partial charge in [-0.3, -0.25) is 4.79 Å². The zero-order valence-corrected chi connectivity index (χ0v) is 45.9. The summed E-state index contributed by atoms with van der Waals surface area (Å²) in [6.07, 6.45) is 67.9. The molecule has 0 aromatic rings. The highest BCUT2D eigenvalue weighted by molar-refractivity contribution is 5.76. The Morgan fingerprint density at radius 1 is 0.486 bits per heavy atom. The van der Waals surface area contributed by atoms with Crippen molar-refractivity contribution in [1.82, 2.24) is 5.32 Å². The number of aliphatic hydroxyl groups excluding tert-OH is 5. The van der Waals surface area contributed by atoms with Gasteiger partial charge in [0.05, 0.1) is 25.4 Å². The Bertz CT molecular complexity index is 1450. The van der Waals surface area contributed by atoms with Crippen molar-refractivity contribution in [3.63, 3.8) is 0 Å². The smallest absolute Gasteiger partial charge is 0.220 e. The van der Waals surface area contributed by atoms with Crippen LogP contribution >= 0.6 is 0 Å².